The van der Waals surface area contributed by atoms with Crippen molar-refractivity contribution in [2.75, 3.05) is 0 Å². The largest absolute Gasteiger partial charge is 0.483 e. The molecule has 0 aliphatic heterocycles. The third-order valence-electron chi connectivity index (χ3n) is 2.44. The molecule has 108 valence electrons. The number of nitrogens with zero attached hydrogens (tertiary/aromatic N) is 2. The Morgan fingerprint density at radius 2 is 1.95 bits per heavy atom. The number of primary sulfonamides is 1. The van der Waals surface area contributed by atoms with Gasteiger partial charge >= 0.3 is 0 Å². The van der Waals surface area contributed by atoms with Gasteiger partial charge in [0.25, 0.3) is 0 Å². The van der Waals surface area contributed by atoms with E-state index in [9.17, 15) is 17.2 Å². The molecule has 2 N–H and O–H groups in total. The number of sulfonamides is 1. The standard InChI is InChI=1S/C11H11F2N3O3S/c1-16-5-7(4-15-16)6-19-11-9(12)2-8(3-10(11)13)20(14,17)18/h2-5H,6H2,1H3,(H2,14,17,18). The summed E-state index contributed by atoms with van der Waals surface area (Å²) in [5, 5.41) is 8.67. The average Bonchev–Trinajstić information content (AvgIpc) is 2.72. The van der Waals surface area contributed by atoms with Crippen LogP contribution in [0.25, 0.3) is 0 Å². The van der Waals surface area contributed by atoms with Gasteiger partial charge in [-0.05, 0) is 12.1 Å². The first-order valence-electron chi connectivity index (χ1n) is 5.39. The predicted octanol–water partition coefficient (Wildman–Crippen LogP) is 0.925. The fourth-order valence-corrected chi connectivity index (χ4v) is 2.08. The van der Waals surface area contributed by atoms with E-state index in [0.29, 0.717) is 17.7 Å². The highest BCUT2D eigenvalue weighted by Gasteiger charge is 2.18. The first kappa shape index (κ1) is 14.4. The van der Waals surface area contributed by atoms with Gasteiger partial charge in [0.05, 0.1) is 11.1 Å². The van der Waals surface area contributed by atoms with Crippen molar-refractivity contribution in [1.29, 1.82) is 0 Å². The summed E-state index contributed by atoms with van der Waals surface area (Å²) in [4.78, 5) is -0.652. The Morgan fingerprint density at radius 1 is 1.35 bits per heavy atom. The van der Waals surface area contributed by atoms with E-state index >= 15 is 0 Å². The molecule has 6 nitrogen and oxygen atoms in total. The van der Waals surface area contributed by atoms with Gasteiger partial charge < -0.3 is 4.74 Å². The second-order valence-corrected chi connectivity index (χ2v) is 5.63. The minimum Gasteiger partial charge on any atom is -0.483 e. The fraction of sp³-hybridized carbons (Fsp3) is 0.182. The molecule has 0 radical (unpaired) electrons. The number of nitrogens with two attached hydrogens (primary N) is 1. The Labute approximate surface area is 113 Å². The highest BCUT2D eigenvalue weighted by atomic mass is 32.2. The summed E-state index contributed by atoms with van der Waals surface area (Å²) >= 11 is 0. The molecule has 0 atom stereocenters. The summed E-state index contributed by atoms with van der Waals surface area (Å²) in [6.07, 6.45) is 3.10. The van der Waals surface area contributed by atoms with E-state index in [-0.39, 0.29) is 6.61 Å². The lowest BCUT2D eigenvalue weighted by molar-refractivity contribution is 0.273. The third-order valence-corrected chi connectivity index (χ3v) is 3.33. The van der Waals surface area contributed by atoms with E-state index in [2.05, 4.69) is 5.10 Å². The number of benzene rings is 1. The Bertz CT molecular complexity index is 720. The second-order valence-electron chi connectivity index (χ2n) is 4.07. The summed E-state index contributed by atoms with van der Waals surface area (Å²) in [6.45, 7) is -0.101. The normalized spacial score (nSPS) is 11.6. The summed E-state index contributed by atoms with van der Waals surface area (Å²) < 4.78 is 55.8. The maximum absolute atomic E-state index is 13.6. The number of aromatic nitrogens is 2. The van der Waals surface area contributed by atoms with Crippen LogP contribution in [0.1, 0.15) is 5.56 Å². The average molecular weight is 303 g/mol. The zero-order valence-corrected chi connectivity index (χ0v) is 11.2. The summed E-state index contributed by atoms with van der Waals surface area (Å²) in [7, 11) is -2.49. The first-order chi connectivity index (χ1) is 9.27. The zero-order valence-electron chi connectivity index (χ0n) is 10.4. The maximum atomic E-state index is 13.6. The minimum atomic E-state index is -4.18. The van der Waals surface area contributed by atoms with Crippen LogP contribution in [-0.4, -0.2) is 18.2 Å². The third kappa shape index (κ3) is 3.11. The molecule has 2 rings (SSSR count). The minimum absolute atomic E-state index is 0.101. The van der Waals surface area contributed by atoms with Gasteiger partial charge in [-0.25, -0.2) is 22.3 Å². The lowest BCUT2D eigenvalue weighted by Gasteiger charge is -2.08. The molecule has 1 aromatic heterocycles. The van der Waals surface area contributed by atoms with Crippen LogP contribution in [0.5, 0.6) is 5.75 Å². The number of halogens is 2. The van der Waals surface area contributed by atoms with Crippen molar-refractivity contribution in [1.82, 2.24) is 9.78 Å². The van der Waals surface area contributed by atoms with Crippen molar-refractivity contribution in [2.45, 2.75) is 11.5 Å². The van der Waals surface area contributed by atoms with Gasteiger partial charge in [0.1, 0.15) is 6.61 Å². The molecule has 1 aromatic carbocycles. The smallest absolute Gasteiger partial charge is 0.238 e. The lowest BCUT2D eigenvalue weighted by Crippen LogP contribution is -2.13. The van der Waals surface area contributed by atoms with Gasteiger partial charge in [-0.2, -0.15) is 5.10 Å². The molecule has 20 heavy (non-hydrogen) atoms. The van der Waals surface area contributed by atoms with Crippen LogP contribution in [0.3, 0.4) is 0 Å². The molecule has 0 unspecified atom stereocenters. The molecule has 0 saturated heterocycles. The maximum Gasteiger partial charge on any atom is 0.238 e. The molecule has 0 saturated carbocycles. The van der Waals surface area contributed by atoms with E-state index in [1.807, 2.05) is 0 Å². The van der Waals surface area contributed by atoms with E-state index in [0.717, 1.165) is 0 Å². The molecule has 2 aromatic rings. The van der Waals surface area contributed by atoms with Gasteiger partial charge in [0.2, 0.25) is 10.0 Å². The number of hydrogen-bond acceptors (Lipinski definition) is 4. The van der Waals surface area contributed by atoms with E-state index in [1.165, 1.54) is 10.9 Å². The van der Waals surface area contributed by atoms with Crippen LogP contribution in [0.4, 0.5) is 8.78 Å². The molecule has 0 aliphatic rings. The van der Waals surface area contributed by atoms with Crippen molar-refractivity contribution in [2.24, 2.45) is 12.2 Å². The van der Waals surface area contributed by atoms with Crippen molar-refractivity contribution in [3.05, 3.63) is 41.7 Å². The van der Waals surface area contributed by atoms with Crippen molar-refractivity contribution >= 4 is 10.0 Å². The van der Waals surface area contributed by atoms with Crippen molar-refractivity contribution < 1.29 is 21.9 Å². The van der Waals surface area contributed by atoms with E-state index < -0.39 is 32.3 Å². The summed E-state index contributed by atoms with van der Waals surface area (Å²) in [5.41, 5.74) is 0.613. The van der Waals surface area contributed by atoms with Crippen LogP contribution in [0.2, 0.25) is 0 Å². The Hall–Kier alpha value is -2.00. The molecule has 1 heterocycles. The highest BCUT2D eigenvalue weighted by Crippen LogP contribution is 2.25. The fourth-order valence-electron chi connectivity index (χ4n) is 1.54. The van der Waals surface area contributed by atoms with Crippen LogP contribution in [-0.2, 0) is 23.7 Å². The summed E-state index contributed by atoms with van der Waals surface area (Å²) in [5.74, 6) is -2.95. The van der Waals surface area contributed by atoms with Gasteiger partial charge in [-0.1, -0.05) is 0 Å². The van der Waals surface area contributed by atoms with Gasteiger partial charge in [-0.15, -0.1) is 0 Å². The molecular weight excluding hydrogens is 292 g/mol. The van der Waals surface area contributed by atoms with Gasteiger partial charge in [0, 0.05) is 18.8 Å². The zero-order chi connectivity index (χ0) is 14.9. The molecule has 0 amide bonds. The second kappa shape index (κ2) is 5.17. The quantitative estimate of drug-likeness (QED) is 0.910. The van der Waals surface area contributed by atoms with Crippen LogP contribution >= 0.6 is 0 Å². The molecule has 0 spiro atoms. The Kier molecular flexibility index (Phi) is 3.73. The Morgan fingerprint density at radius 3 is 2.40 bits per heavy atom. The predicted molar refractivity (Wildman–Crippen MR) is 65.3 cm³/mol. The molecule has 0 aliphatic carbocycles. The number of hydrogen-bond donors (Lipinski definition) is 1. The van der Waals surface area contributed by atoms with Crippen molar-refractivity contribution in [3.8, 4) is 5.75 Å². The monoisotopic (exact) mass is 303 g/mol. The van der Waals surface area contributed by atoms with Gasteiger partial charge in [0.15, 0.2) is 17.4 Å². The lowest BCUT2D eigenvalue weighted by atomic mass is 10.3. The van der Waals surface area contributed by atoms with E-state index in [1.54, 1.807) is 13.2 Å². The highest BCUT2D eigenvalue weighted by molar-refractivity contribution is 7.89. The van der Waals surface area contributed by atoms with Crippen molar-refractivity contribution in [3.63, 3.8) is 0 Å². The first-order valence-corrected chi connectivity index (χ1v) is 6.94. The Balaban J connectivity index is 2.25. The van der Waals surface area contributed by atoms with E-state index in [4.69, 9.17) is 9.88 Å². The number of ether oxygens (including phenoxy) is 1. The number of aryl methyl sites for hydroxylation is 1. The SMILES string of the molecule is Cn1cc(COc2c(F)cc(S(N)(=O)=O)cc2F)cn1. The van der Waals surface area contributed by atoms with Gasteiger partial charge in [-0.3, -0.25) is 4.68 Å². The summed E-state index contributed by atoms with van der Waals surface area (Å²) in [6, 6.07) is 1.22. The van der Waals surface area contributed by atoms with Crippen LogP contribution in [0, 0.1) is 11.6 Å². The van der Waals surface area contributed by atoms with Crippen LogP contribution in [0.15, 0.2) is 29.4 Å². The topological polar surface area (TPSA) is 87.2 Å². The molecule has 9 heteroatoms. The van der Waals surface area contributed by atoms with Crippen LogP contribution < -0.4 is 9.88 Å². The molecule has 0 fully saturated rings. The molecular formula is C11H11F2N3O3S. The molecule has 0 bridgehead atoms. The number of rotatable bonds is 4.